The summed E-state index contributed by atoms with van der Waals surface area (Å²) in [6, 6.07) is 15.2. The predicted molar refractivity (Wildman–Crippen MR) is 97.0 cm³/mol. The van der Waals surface area contributed by atoms with Gasteiger partial charge in [-0.05, 0) is 35.9 Å². The Morgan fingerprint density at radius 2 is 1.50 bits per heavy atom. The Balaban J connectivity index is 2.18. The highest BCUT2D eigenvalue weighted by Gasteiger charge is 2.12. The number of pyridine rings is 1. The number of nitrogens with zero attached hydrogens (tertiary/aromatic N) is 1. The number of benzene rings is 2. The van der Waals surface area contributed by atoms with E-state index in [1.54, 1.807) is 26.5 Å². The zero-order valence-electron chi connectivity index (χ0n) is 13.6. The third kappa shape index (κ3) is 2.96. The second kappa shape index (κ2) is 6.50. The number of hydrogen-bond donors (Lipinski definition) is 2. The van der Waals surface area contributed by atoms with E-state index in [1.807, 2.05) is 42.5 Å². The van der Waals surface area contributed by atoms with Crippen LogP contribution >= 0.6 is 0 Å². The molecule has 0 aliphatic rings. The lowest BCUT2D eigenvalue weighted by atomic mass is 9.98. The molecule has 1 heterocycles. The molecule has 3 aromatic rings. The lowest BCUT2D eigenvalue weighted by Gasteiger charge is -2.12. The molecule has 24 heavy (non-hydrogen) atoms. The van der Waals surface area contributed by atoms with Gasteiger partial charge in [0, 0.05) is 23.4 Å². The molecule has 0 unspecified atom stereocenters. The average Bonchev–Trinajstić information content (AvgIpc) is 2.63. The van der Waals surface area contributed by atoms with Gasteiger partial charge in [-0.15, -0.1) is 0 Å². The SMILES string of the molecule is COc1cc(OC)cc(-c2ncccc2-c2ccc(N)c(N)c2)c1. The van der Waals surface area contributed by atoms with Crippen molar-refractivity contribution in [2.24, 2.45) is 0 Å². The third-order valence-corrected chi connectivity index (χ3v) is 3.83. The van der Waals surface area contributed by atoms with Gasteiger partial charge in [0.05, 0.1) is 31.3 Å². The number of nitrogen functional groups attached to an aromatic ring is 2. The Morgan fingerprint density at radius 1 is 0.792 bits per heavy atom. The van der Waals surface area contributed by atoms with Crippen molar-refractivity contribution in [3.8, 4) is 33.9 Å². The first-order valence-electron chi connectivity index (χ1n) is 7.46. The van der Waals surface area contributed by atoms with E-state index in [2.05, 4.69) is 4.98 Å². The molecule has 122 valence electrons. The van der Waals surface area contributed by atoms with Crippen LogP contribution in [-0.2, 0) is 0 Å². The van der Waals surface area contributed by atoms with Gasteiger partial charge < -0.3 is 20.9 Å². The third-order valence-electron chi connectivity index (χ3n) is 3.83. The van der Waals surface area contributed by atoms with E-state index < -0.39 is 0 Å². The quantitative estimate of drug-likeness (QED) is 0.717. The Bertz CT molecular complexity index is 856. The molecule has 0 radical (unpaired) electrons. The average molecular weight is 321 g/mol. The van der Waals surface area contributed by atoms with E-state index in [9.17, 15) is 0 Å². The molecule has 5 heteroatoms. The van der Waals surface area contributed by atoms with Crippen LogP contribution in [0.25, 0.3) is 22.4 Å². The molecule has 3 rings (SSSR count). The lowest BCUT2D eigenvalue weighted by molar-refractivity contribution is 0.394. The van der Waals surface area contributed by atoms with Gasteiger partial charge in [0.25, 0.3) is 0 Å². The van der Waals surface area contributed by atoms with E-state index in [0.717, 1.165) is 22.4 Å². The van der Waals surface area contributed by atoms with Crippen LogP contribution in [0.4, 0.5) is 11.4 Å². The van der Waals surface area contributed by atoms with E-state index in [1.165, 1.54) is 0 Å². The van der Waals surface area contributed by atoms with E-state index >= 15 is 0 Å². The predicted octanol–water partition coefficient (Wildman–Crippen LogP) is 3.60. The molecule has 0 fully saturated rings. The van der Waals surface area contributed by atoms with Crippen LogP contribution in [0.1, 0.15) is 0 Å². The number of rotatable bonds is 4. The Hall–Kier alpha value is -3.21. The van der Waals surface area contributed by atoms with Gasteiger partial charge in [0.2, 0.25) is 0 Å². The highest BCUT2D eigenvalue weighted by atomic mass is 16.5. The second-order valence-corrected chi connectivity index (χ2v) is 5.34. The number of nitrogens with two attached hydrogens (primary N) is 2. The zero-order chi connectivity index (χ0) is 17.1. The molecule has 0 aliphatic heterocycles. The standard InChI is InChI=1S/C19H19N3O2/c1-23-14-8-13(9-15(11-14)24-2)19-16(4-3-7-22-19)12-5-6-17(20)18(21)10-12/h3-11H,20-21H2,1-2H3. The molecular formula is C19H19N3O2. The van der Waals surface area contributed by atoms with Crippen molar-refractivity contribution in [2.75, 3.05) is 25.7 Å². The van der Waals surface area contributed by atoms with Gasteiger partial charge in [-0.3, -0.25) is 4.98 Å². The molecule has 0 bridgehead atoms. The van der Waals surface area contributed by atoms with Gasteiger partial charge in [-0.25, -0.2) is 0 Å². The minimum absolute atomic E-state index is 0.547. The minimum Gasteiger partial charge on any atom is -0.497 e. The lowest BCUT2D eigenvalue weighted by Crippen LogP contribution is -1.96. The van der Waals surface area contributed by atoms with Crippen LogP contribution in [0.5, 0.6) is 11.5 Å². The van der Waals surface area contributed by atoms with Gasteiger partial charge in [0.15, 0.2) is 0 Å². The molecule has 0 aliphatic carbocycles. The van der Waals surface area contributed by atoms with Crippen molar-refractivity contribution < 1.29 is 9.47 Å². The maximum Gasteiger partial charge on any atom is 0.123 e. The summed E-state index contributed by atoms with van der Waals surface area (Å²) in [7, 11) is 3.25. The fourth-order valence-electron chi connectivity index (χ4n) is 2.55. The maximum atomic E-state index is 5.95. The first-order chi connectivity index (χ1) is 11.6. The summed E-state index contributed by atoms with van der Waals surface area (Å²) in [5, 5.41) is 0. The molecule has 5 nitrogen and oxygen atoms in total. The first kappa shape index (κ1) is 15.7. The monoisotopic (exact) mass is 321 g/mol. The Labute approximate surface area is 140 Å². The zero-order valence-corrected chi connectivity index (χ0v) is 13.6. The molecule has 0 saturated carbocycles. The van der Waals surface area contributed by atoms with E-state index in [0.29, 0.717) is 22.9 Å². The maximum absolute atomic E-state index is 5.95. The second-order valence-electron chi connectivity index (χ2n) is 5.34. The largest absolute Gasteiger partial charge is 0.497 e. The Morgan fingerprint density at radius 3 is 2.12 bits per heavy atom. The van der Waals surface area contributed by atoms with Crippen LogP contribution in [0.3, 0.4) is 0 Å². The summed E-state index contributed by atoms with van der Waals surface area (Å²) in [5.74, 6) is 1.41. The van der Waals surface area contributed by atoms with Crippen molar-refractivity contribution in [1.82, 2.24) is 4.98 Å². The molecule has 2 aromatic carbocycles. The van der Waals surface area contributed by atoms with Crippen molar-refractivity contribution in [2.45, 2.75) is 0 Å². The van der Waals surface area contributed by atoms with Crippen LogP contribution in [-0.4, -0.2) is 19.2 Å². The van der Waals surface area contributed by atoms with Gasteiger partial charge in [0.1, 0.15) is 11.5 Å². The molecule has 1 aromatic heterocycles. The number of aromatic nitrogens is 1. The van der Waals surface area contributed by atoms with Crippen molar-refractivity contribution in [3.05, 3.63) is 54.7 Å². The summed E-state index contributed by atoms with van der Waals surface area (Å²) < 4.78 is 10.7. The molecule has 0 spiro atoms. The number of methoxy groups -OCH3 is 2. The minimum atomic E-state index is 0.547. The Kier molecular flexibility index (Phi) is 4.24. The summed E-state index contributed by atoms with van der Waals surface area (Å²) in [6.07, 6.45) is 1.76. The smallest absolute Gasteiger partial charge is 0.123 e. The highest BCUT2D eigenvalue weighted by molar-refractivity contribution is 5.84. The fraction of sp³-hybridized carbons (Fsp3) is 0.105. The summed E-state index contributed by atoms with van der Waals surface area (Å²) in [4.78, 5) is 4.55. The normalized spacial score (nSPS) is 10.4. The van der Waals surface area contributed by atoms with Crippen molar-refractivity contribution in [1.29, 1.82) is 0 Å². The number of hydrogen-bond acceptors (Lipinski definition) is 5. The van der Waals surface area contributed by atoms with Crippen LogP contribution in [0, 0.1) is 0 Å². The summed E-state index contributed by atoms with van der Waals surface area (Å²) >= 11 is 0. The summed E-state index contributed by atoms with van der Waals surface area (Å²) in [5.41, 5.74) is 16.5. The highest BCUT2D eigenvalue weighted by Crippen LogP contribution is 2.35. The van der Waals surface area contributed by atoms with E-state index in [-0.39, 0.29) is 0 Å². The van der Waals surface area contributed by atoms with Crippen molar-refractivity contribution >= 4 is 11.4 Å². The fourth-order valence-corrected chi connectivity index (χ4v) is 2.55. The van der Waals surface area contributed by atoms with Gasteiger partial charge in [-0.2, -0.15) is 0 Å². The van der Waals surface area contributed by atoms with Crippen molar-refractivity contribution in [3.63, 3.8) is 0 Å². The van der Waals surface area contributed by atoms with E-state index in [4.69, 9.17) is 20.9 Å². The van der Waals surface area contributed by atoms with Gasteiger partial charge in [-0.1, -0.05) is 12.1 Å². The first-order valence-corrected chi connectivity index (χ1v) is 7.46. The molecule has 0 atom stereocenters. The topological polar surface area (TPSA) is 83.4 Å². The van der Waals surface area contributed by atoms with Crippen LogP contribution in [0.15, 0.2) is 54.7 Å². The number of anilines is 2. The molecule has 0 saturated heterocycles. The number of ether oxygens (including phenoxy) is 2. The summed E-state index contributed by atoms with van der Waals surface area (Å²) in [6.45, 7) is 0. The molecule has 4 N–H and O–H groups in total. The molecular weight excluding hydrogens is 302 g/mol. The van der Waals surface area contributed by atoms with Gasteiger partial charge >= 0.3 is 0 Å². The molecule has 0 amide bonds. The van der Waals surface area contributed by atoms with Crippen LogP contribution in [0.2, 0.25) is 0 Å². The van der Waals surface area contributed by atoms with Crippen LogP contribution < -0.4 is 20.9 Å².